The zero-order valence-corrected chi connectivity index (χ0v) is 14.4. The molecule has 3 atom stereocenters. The molecule has 2 aliphatic carbocycles. The van der Waals surface area contributed by atoms with Gasteiger partial charge in [-0.05, 0) is 49.9 Å². The van der Waals surface area contributed by atoms with Gasteiger partial charge in [0.2, 0.25) is 0 Å². The first-order chi connectivity index (χ1) is 11.1. The van der Waals surface area contributed by atoms with Crippen molar-refractivity contribution in [3.05, 3.63) is 12.0 Å². The highest BCUT2D eigenvalue weighted by molar-refractivity contribution is 7.92. The minimum atomic E-state index is -2.73. The van der Waals surface area contributed by atoms with Crippen LogP contribution >= 0.6 is 0 Å². The van der Waals surface area contributed by atoms with E-state index >= 15 is 0 Å². The van der Waals surface area contributed by atoms with Gasteiger partial charge in [0.15, 0.2) is 0 Å². The molecule has 2 fully saturated rings. The lowest BCUT2D eigenvalue weighted by Gasteiger charge is -2.39. The molecule has 23 heavy (non-hydrogen) atoms. The van der Waals surface area contributed by atoms with E-state index in [-0.39, 0.29) is 0 Å². The fraction of sp³-hybridized carbons (Fsp3) is 0.765. The smallest absolute Gasteiger partial charge is 0.146 e. The van der Waals surface area contributed by atoms with Crippen LogP contribution in [0.2, 0.25) is 0 Å². The Kier molecular flexibility index (Phi) is 4.03. The lowest BCUT2D eigenvalue weighted by Crippen LogP contribution is -2.31. The number of anilines is 1. The average Bonchev–Trinajstić information content (AvgIpc) is 2.52. The molecule has 0 aromatic carbocycles. The minimum Gasteiger partial charge on any atom is -0.369 e. The van der Waals surface area contributed by atoms with E-state index in [1.165, 1.54) is 38.5 Å². The van der Waals surface area contributed by atoms with E-state index in [2.05, 4.69) is 15.3 Å². The van der Waals surface area contributed by atoms with E-state index in [4.69, 9.17) is 4.78 Å². The number of aryl methyl sites for hydroxylation is 1. The third-order valence-electron chi connectivity index (χ3n) is 5.84. The van der Waals surface area contributed by atoms with E-state index in [1.54, 1.807) is 6.33 Å². The highest BCUT2D eigenvalue weighted by Gasteiger charge is 2.32. The summed E-state index contributed by atoms with van der Waals surface area (Å²) in [6.07, 6.45) is 11.4. The Labute approximate surface area is 138 Å². The lowest BCUT2D eigenvalue weighted by molar-refractivity contribution is 0.143. The number of rotatable bonds is 3. The molecule has 1 aromatic heterocycles. The molecule has 0 radical (unpaired) electrons. The zero-order valence-electron chi connectivity index (χ0n) is 13.6. The van der Waals surface area contributed by atoms with E-state index < -0.39 is 9.73 Å². The zero-order chi connectivity index (χ0) is 15.9. The average molecular weight is 334 g/mol. The first-order valence-corrected chi connectivity index (χ1v) is 10.7. The van der Waals surface area contributed by atoms with Crippen molar-refractivity contribution in [2.45, 2.75) is 56.3 Å². The normalized spacial score (nSPS) is 36.3. The minimum absolute atomic E-state index is 0.440. The van der Waals surface area contributed by atoms with Crippen LogP contribution in [0.5, 0.6) is 0 Å². The molecule has 2 bridgehead atoms. The van der Waals surface area contributed by atoms with Gasteiger partial charge < -0.3 is 5.32 Å². The quantitative estimate of drug-likeness (QED) is 0.887. The summed E-state index contributed by atoms with van der Waals surface area (Å²) in [7, 11) is -2.73. The van der Waals surface area contributed by atoms with Crippen molar-refractivity contribution in [2.24, 2.45) is 17.8 Å². The van der Waals surface area contributed by atoms with Crippen LogP contribution in [-0.4, -0.2) is 26.5 Å². The predicted octanol–water partition coefficient (Wildman–Crippen LogP) is 3.46. The molecule has 5 nitrogen and oxygen atoms in total. The molecule has 2 saturated carbocycles. The van der Waals surface area contributed by atoms with Crippen LogP contribution in [0.3, 0.4) is 0 Å². The van der Waals surface area contributed by atoms with Gasteiger partial charge in [-0.15, -0.1) is 0 Å². The third kappa shape index (κ3) is 3.10. The van der Waals surface area contributed by atoms with Crippen LogP contribution in [0, 0.1) is 22.5 Å². The highest BCUT2D eigenvalue weighted by atomic mass is 32.2. The van der Waals surface area contributed by atoms with Crippen molar-refractivity contribution in [3.8, 4) is 0 Å². The summed E-state index contributed by atoms with van der Waals surface area (Å²) in [5.41, 5.74) is 0.814. The molecule has 3 unspecified atom stereocenters. The lowest BCUT2D eigenvalue weighted by atomic mass is 9.68. The topological polar surface area (TPSA) is 78.7 Å². The maximum absolute atomic E-state index is 12.6. The molecule has 2 heterocycles. The number of nitrogens with one attached hydrogen (secondary N) is 2. The molecule has 1 aromatic rings. The first-order valence-electron chi connectivity index (χ1n) is 8.96. The maximum atomic E-state index is 12.6. The summed E-state index contributed by atoms with van der Waals surface area (Å²) in [6, 6.07) is 0. The molecule has 2 N–H and O–H groups in total. The monoisotopic (exact) mass is 334 g/mol. The molecule has 1 aliphatic heterocycles. The number of nitrogens with zero attached hydrogens (tertiary/aromatic N) is 2. The van der Waals surface area contributed by atoms with E-state index in [0.29, 0.717) is 22.4 Å². The third-order valence-corrected chi connectivity index (χ3v) is 7.79. The Morgan fingerprint density at radius 1 is 1.17 bits per heavy atom. The Balaban J connectivity index is 1.50. The van der Waals surface area contributed by atoms with Gasteiger partial charge in [0.05, 0.1) is 15.4 Å². The van der Waals surface area contributed by atoms with Gasteiger partial charge in [-0.3, -0.25) is 0 Å². The molecule has 3 aliphatic rings. The van der Waals surface area contributed by atoms with E-state index in [0.717, 1.165) is 36.9 Å². The van der Waals surface area contributed by atoms with Crippen LogP contribution in [0.1, 0.15) is 50.6 Å². The summed E-state index contributed by atoms with van der Waals surface area (Å²) in [5, 5.41) is 3.44. The van der Waals surface area contributed by atoms with Crippen LogP contribution in [0.4, 0.5) is 5.82 Å². The predicted molar refractivity (Wildman–Crippen MR) is 91.0 cm³/mol. The molecule has 0 amide bonds. The Bertz CT molecular complexity index is 676. The largest absolute Gasteiger partial charge is 0.369 e. The Hall–Kier alpha value is -1.17. The van der Waals surface area contributed by atoms with Crippen molar-refractivity contribution < 1.29 is 4.21 Å². The number of hydrogen-bond acceptors (Lipinski definition) is 5. The maximum Gasteiger partial charge on any atom is 0.146 e. The van der Waals surface area contributed by atoms with Crippen LogP contribution in [0.15, 0.2) is 11.2 Å². The molecule has 0 saturated heterocycles. The van der Waals surface area contributed by atoms with Crippen molar-refractivity contribution in [1.29, 1.82) is 4.78 Å². The number of fused-ring (bicyclic) bond motifs is 3. The first kappa shape index (κ1) is 15.4. The standard InChI is InChI=1S/C17H26N4OS/c18-23(22)6-2-5-15-16(23)17(21-11-20-15)19-10-14-8-12-3-1-4-13(7-12)9-14/h11-14,18H,1-10H2,(H,19,20,21). The van der Waals surface area contributed by atoms with Crippen LogP contribution in [0.25, 0.3) is 0 Å². The summed E-state index contributed by atoms with van der Waals surface area (Å²) in [5.74, 6) is 3.61. The van der Waals surface area contributed by atoms with Crippen molar-refractivity contribution in [2.75, 3.05) is 17.6 Å². The second kappa shape index (κ2) is 6.04. The van der Waals surface area contributed by atoms with Gasteiger partial charge in [-0.25, -0.2) is 19.0 Å². The fourth-order valence-corrected chi connectivity index (χ4v) is 6.61. The van der Waals surface area contributed by atoms with Gasteiger partial charge in [-0.1, -0.05) is 19.3 Å². The van der Waals surface area contributed by atoms with Gasteiger partial charge in [0.1, 0.15) is 17.0 Å². The fourth-order valence-electron chi connectivity index (χ4n) is 4.88. The van der Waals surface area contributed by atoms with E-state index in [1.807, 2.05) is 0 Å². The summed E-state index contributed by atoms with van der Waals surface area (Å²) in [4.78, 5) is 9.17. The van der Waals surface area contributed by atoms with Gasteiger partial charge >= 0.3 is 0 Å². The summed E-state index contributed by atoms with van der Waals surface area (Å²) >= 11 is 0. The van der Waals surface area contributed by atoms with Crippen LogP contribution in [-0.2, 0) is 16.1 Å². The molecule has 6 heteroatoms. The summed E-state index contributed by atoms with van der Waals surface area (Å²) < 4.78 is 20.8. The van der Waals surface area contributed by atoms with Gasteiger partial charge in [-0.2, -0.15) is 0 Å². The number of hydrogen-bond donors (Lipinski definition) is 2. The van der Waals surface area contributed by atoms with Crippen LogP contribution < -0.4 is 5.32 Å². The van der Waals surface area contributed by atoms with Gasteiger partial charge in [0.25, 0.3) is 0 Å². The van der Waals surface area contributed by atoms with Crippen molar-refractivity contribution in [3.63, 3.8) is 0 Å². The highest BCUT2D eigenvalue weighted by Crippen LogP contribution is 2.42. The van der Waals surface area contributed by atoms with Crippen molar-refractivity contribution >= 4 is 15.5 Å². The SMILES string of the molecule is N=S1(=O)CCCc2ncnc(NCC3CC4CCCC(C4)C3)c21. The molecular formula is C17H26N4OS. The van der Waals surface area contributed by atoms with Crippen molar-refractivity contribution in [1.82, 2.24) is 9.97 Å². The Morgan fingerprint density at radius 3 is 2.74 bits per heavy atom. The summed E-state index contributed by atoms with van der Waals surface area (Å²) in [6.45, 7) is 0.895. The Morgan fingerprint density at radius 2 is 1.96 bits per heavy atom. The molecule has 4 rings (SSSR count). The van der Waals surface area contributed by atoms with E-state index in [9.17, 15) is 4.21 Å². The molecule has 0 spiro atoms. The second-order valence-corrected chi connectivity index (χ2v) is 9.77. The molecular weight excluding hydrogens is 308 g/mol. The number of aromatic nitrogens is 2. The second-order valence-electron chi connectivity index (χ2n) is 7.60. The molecule has 126 valence electrons. The van der Waals surface area contributed by atoms with Gasteiger partial charge in [0, 0.05) is 12.3 Å².